The molecule has 2 aliphatic rings. The minimum absolute atomic E-state index is 0.122. The Morgan fingerprint density at radius 2 is 1.96 bits per heavy atom. The molecule has 1 fully saturated rings. The molecule has 4 rings (SSSR count). The summed E-state index contributed by atoms with van der Waals surface area (Å²) in [5.74, 6) is -0.382. The van der Waals surface area contributed by atoms with Gasteiger partial charge in [0.15, 0.2) is 0 Å². The third-order valence-electron chi connectivity index (χ3n) is 5.27. The Hall–Kier alpha value is -3.15. The molecule has 2 aromatic carbocycles. The van der Waals surface area contributed by atoms with E-state index in [1.54, 1.807) is 5.01 Å². The van der Waals surface area contributed by atoms with Gasteiger partial charge in [-0.1, -0.05) is 55.0 Å². The number of cyclic esters (lactones) is 1. The van der Waals surface area contributed by atoms with Crippen molar-refractivity contribution in [3.8, 4) is 0 Å². The summed E-state index contributed by atoms with van der Waals surface area (Å²) >= 11 is 0. The molecule has 0 unspecified atom stereocenters. The van der Waals surface area contributed by atoms with Gasteiger partial charge in [0.05, 0.1) is 17.9 Å². The van der Waals surface area contributed by atoms with Crippen molar-refractivity contribution >= 4 is 23.4 Å². The second kappa shape index (κ2) is 7.46. The first-order valence-electron chi connectivity index (χ1n) is 9.58. The van der Waals surface area contributed by atoms with Crippen molar-refractivity contribution in [1.29, 1.82) is 0 Å². The highest BCUT2D eigenvalue weighted by molar-refractivity contribution is 6.10. The average molecular weight is 377 g/mol. The van der Waals surface area contributed by atoms with E-state index >= 15 is 0 Å². The number of hydrogen-bond acceptors (Lipinski definition) is 5. The number of imide groups is 1. The van der Waals surface area contributed by atoms with Gasteiger partial charge in [-0.2, -0.15) is 5.10 Å². The summed E-state index contributed by atoms with van der Waals surface area (Å²) in [7, 11) is 0. The molecule has 28 heavy (non-hydrogen) atoms. The Bertz CT molecular complexity index is 926. The second-order valence-corrected chi connectivity index (χ2v) is 7.10. The molecule has 0 aliphatic carbocycles. The van der Waals surface area contributed by atoms with Gasteiger partial charge < -0.3 is 4.74 Å². The molecule has 0 aromatic heterocycles. The van der Waals surface area contributed by atoms with E-state index in [1.807, 2.05) is 62.4 Å². The fraction of sp³-hybridized carbons (Fsp3) is 0.318. The van der Waals surface area contributed by atoms with Gasteiger partial charge in [0.1, 0.15) is 12.6 Å². The molecule has 2 amide bonds. The van der Waals surface area contributed by atoms with Gasteiger partial charge in [-0.25, -0.2) is 9.69 Å². The van der Waals surface area contributed by atoms with Gasteiger partial charge >= 0.3 is 6.09 Å². The molecule has 144 valence electrons. The summed E-state index contributed by atoms with van der Waals surface area (Å²) in [4.78, 5) is 26.6. The number of anilines is 1. The number of aryl methyl sites for hydroxylation is 1. The zero-order valence-electron chi connectivity index (χ0n) is 16.0. The molecular formula is C22H23N3O3. The maximum absolute atomic E-state index is 13.4. The van der Waals surface area contributed by atoms with Crippen molar-refractivity contribution in [2.24, 2.45) is 11.0 Å². The summed E-state index contributed by atoms with van der Waals surface area (Å²) < 4.78 is 4.99. The Morgan fingerprint density at radius 3 is 2.61 bits per heavy atom. The summed E-state index contributed by atoms with van der Waals surface area (Å²) in [5, 5.41) is 6.63. The first-order chi connectivity index (χ1) is 13.6. The molecule has 2 aliphatic heterocycles. The number of ether oxygens (including phenoxy) is 1. The molecule has 0 bridgehead atoms. The summed E-state index contributed by atoms with van der Waals surface area (Å²) in [5.41, 5.74) is 3.85. The molecule has 0 radical (unpaired) electrons. The van der Waals surface area contributed by atoms with Crippen molar-refractivity contribution in [2.45, 2.75) is 26.3 Å². The fourth-order valence-corrected chi connectivity index (χ4v) is 3.89. The Labute approximate surface area is 164 Å². The molecule has 0 saturated carbocycles. The van der Waals surface area contributed by atoms with Crippen LogP contribution in [0.4, 0.5) is 10.5 Å². The monoisotopic (exact) mass is 377 g/mol. The van der Waals surface area contributed by atoms with E-state index in [2.05, 4.69) is 6.07 Å². The second-order valence-electron chi connectivity index (χ2n) is 7.10. The van der Waals surface area contributed by atoms with Crippen LogP contribution in [0.2, 0.25) is 0 Å². The van der Waals surface area contributed by atoms with Gasteiger partial charge in [0.2, 0.25) is 0 Å². The van der Waals surface area contributed by atoms with Gasteiger partial charge in [0, 0.05) is 5.92 Å². The van der Waals surface area contributed by atoms with Gasteiger partial charge in [-0.05, 0) is 31.0 Å². The number of benzene rings is 2. The van der Waals surface area contributed by atoms with Crippen LogP contribution < -0.4 is 5.01 Å². The average Bonchev–Trinajstić information content (AvgIpc) is 3.31. The molecule has 1 saturated heterocycles. The first-order valence-corrected chi connectivity index (χ1v) is 9.58. The lowest BCUT2D eigenvalue weighted by Crippen LogP contribution is -2.49. The largest absolute Gasteiger partial charge is 0.447 e. The standard InChI is InChI=1S/C22H23N3O3/c1-3-18-19(16-9-7-8-15(2)14-16)23-25(17-10-5-4-6-11-17)20(18)21(26)24-12-13-28-22(24)27/h4-11,14,18,20H,3,12-13H2,1-2H3/t18-,20-/m1/s1. The van der Waals surface area contributed by atoms with Crippen LogP contribution in [0.25, 0.3) is 0 Å². The van der Waals surface area contributed by atoms with E-state index in [0.717, 1.165) is 28.9 Å². The normalized spacial score (nSPS) is 21.6. The van der Waals surface area contributed by atoms with Crippen molar-refractivity contribution in [1.82, 2.24) is 4.90 Å². The van der Waals surface area contributed by atoms with Crippen LogP contribution in [0.15, 0.2) is 59.7 Å². The highest BCUT2D eigenvalue weighted by Gasteiger charge is 2.46. The van der Waals surface area contributed by atoms with Crippen molar-refractivity contribution < 1.29 is 14.3 Å². The zero-order valence-corrected chi connectivity index (χ0v) is 16.0. The minimum Gasteiger partial charge on any atom is -0.447 e. The SMILES string of the molecule is CC[C@@H]1C(c2cccc(C)c2)=NN(c2ccccc2)[C@H]1C(=O)N1CCOC1=O. The van der Waals surface area contributed by atoms with Crippen molar-refractivity contribution in [3.05, 3.63) is 65.7 Å². The van der Waals surface area contributed by atoms with Crippen LogP contribution in [0.5, 0.6) is 0 Å². The van der Waals surface area contributed by atoms with E-state index < -0.39 is 12.1 Å². The smallest absolute Gasteiger partial charge is 0.416 e. The molecule has 6 nitrogen and oxygen atoms in total. The number of carbonyl (C=O) groups is 2. The third kappa shape index (κ3) is 3.15. The number of para-hydroxylation sites is 1. The highest BCUT2D eigenvalue weighted by Crippen LogP contribution is 2.34. The van der Waals surface area contributed by atoms with Crippen LogP contribution >= 0.6 is 0 Å². The lowest BCUT2D eigenvalue weighted by Gasteiger charge is -2.28. The highest BCUT2D eigenvalue weighted by atomic mass is 16.6. The van der Waals surface area contributed by atoms with E-state index in [-0.39, 0.29) is 25.0 Å². The lowest BCUT2D eigenvalue weighted by molar-refractivity contribution is -0.129. The maximum atomic E-state index is 13.4. The molecular weight excluding hydrogens is 354 g/mol. The van der Waals surface area contributed by atoms with E-state index in [1.165, 1.54) is 4.90 Å². The van der Waals surface area contributed by atoms with Gasteiger partial charge in [0.25, 0.3) is 5.91 Å². The van der Waals surface area contributed by atoms with Gasteiger partial charge in [-0.3, -0.25) is 9.80 Å². The fourth-order valence-electron chi connectivity index (χ4n) is 3.89. The van der Waals surface area contributed by atoms with Crippen molar-refractivity contribution in [2.75, 3.05) is 18.2 Å². The first kappa shape index (κ1) is 18.2. The Morgan fingerprint density at radius 1 is 1.18 bits per heavy atom. The number of nitrogens with zero attached hydrogens (tertiary/aromatic N) is 3. The number of rotatable bonds is 4. The Balaban J connectivity index is 1.78. The quantitative estimate of drug-likeness (QED) is 0.817. The topological polar surface area (TPSA) is 62.2 Å². The van der Waals surface area contributed by atoms with Crippen molar-refractivity contribution in [3.63, 3.8) is 0 Å². The maximum Gasteiger partial charge on any atom is 0.416 e. The number of amides is 2. The molecule has 0 N–H and O–H groups in total. The lowest BCUT2D eigenvalue weighted by atomic mass is 9.87. The molecule has 2 aromatic rings. The number of hydrazone groups is 1. The zero-order chi connectivity index (χ0) is 19.7. The number of carbonyl (C=O) groups excluding carboxylic acids is 2. The summed E-state index contributed by atoms with van der Waals surface area (Å²) in [6, 6.07) is 17.2. The molecule has 2 atom stereocenters. The molecule has 2 heterocycles. The molecule has 0 spiro atoms. The number of hydrogen-bond donors (Lipinski definition) is 0. The summed E-state index contributed by atoms with van der Waals surface area (Å²) in [6.45, 7) is 4.61. The summed E-state index contributed by atoms with van der Waals surface area (Å²) in [6.07, 6.45) is 0.159. The van der Waals surface area contributed by atoms with E-state index in [4.69, 9.17) is 9.84 Å². The van der Waals surface area contributed by atoms with Crippen LogP contribution in [0.3, 0.4) is 0 Å². The van der Waals surface area contributed by atoms with Crippen LogP contribution in [-0.4, -0.2) is 41.8 Å². The predicted octanol–water partition coefficient (Wildman–Crippen LogP) is 3.59. The van der Waals surface area contributed by atoms with E-state index in [9.17, 15) is 9.59 Å². The minimum atomic E-state index is -0.575. The molecule has 6 heteroatoms. The van der Waals surface area contributed by atoms with Crippen LogP contribution in [0.1, 0.15) is 24.5 Å². The van der Waals surface area contributed by atoms with Crippen LogP contribution in [-0.2, 0) is 9.53 Å². The third-order valence-corrected chi connectivity index (χ3v) is 5.27. The van der Waals surface area contributed by atoms with Gasteiger partial charge in [-0.15, -0.1) is 0 Å². The van der Waals surface area contributed by atoms with E-state index in [0.29, 0.717) is 0 Å². The predicted molar refractivity (Wildman–Crippen MR) is 107 cm³/mol. The Kier molecular flexibility index (Phi) is 4.86. The van der Waals surface area contributed by atoms with Crippen LogP contribution in [0, 0.1) is 12.8 Å².